The summed E-state index contributed by atoms with van der Waals surface area (Å²) in [5.74, 6) is -0.317. The second-order valence-corrected chi connectivity index (χ2v) is 4.99. The fourth-order valence-corrected chi connectivity index (χ4v) is 2.22. The predicted molar refractivity (Wildman–Crippen MR) is 68.5 cm³/mol. The lowest BCUT2D eigenvalue weighted by Crippen LogP contribution is -2.23. The molecule has 1 N–H and O–H groups in total. The minimum absolute atomic E-state index is 0.00441. The Labute approximate surface area is 134 Å². The lowest BCUT2D eigenvalue weighted by Gasteiger charge is -2.22. The molecule has 25 heavy (non-hydrogen) atoms. The molecule has 10 heteroatoms. The lowest BCUT2D eigenvalue weighted by molar-refractivity contribution is -0.174. The summed E-state index contributed by atoms with van der Waals surface area (Å²) in [7, 11) is 0. The standard InChI is InChI=1S/C15H7F9O/c16-13(17,18)10-5-8(7-1-3-9(25)4-2-7)6-11(14(19,20)21)12(10)15(22,23)24/h1-6,25H. The first-order valence-electron chi connectivity index (χ1n) is 6.40. The fraction of sp³-hybridized carbons (Fsp3) is 0.200. The van der Waals surface area contributed by atoms with Crippen molar-refractivity contribution >= 4 is 0 Å². The number of alkyl halides is 9. The van der Waals surface area contributed by atoms with E-state index < -0.39 is 40.8 Å². The van der Waals surface area contributed by atoms with Crippen molar-refractivity contribution < 1.29 is 44.6 Å². The molecule has 0 amide bonds. The number of halogens is 9. The van der Waals surface area contributed by atoms with Crippen LogP contribution in [-0.2, 0) is 18.5 Å². The van der Waals surface area contributed by atoms with Gasteiger partial charge in [-0.2, -0.15) is 39.5 Å². The Morgan fingerprint density at radius 2 is 0.960 bits per heavy atom. The quantitative estimate of drug-likeness (QED) is 0.597. The summed E-state index contributed by atoms with van der Waals surface area (Å²) in [6.07, 6.45) is -17.2. The van der Waals surface area contributed by atoms with Gasteiger partial charge in [0.15, 0.2) is 0 Å². The van der Waals surface area contributed by atoms with E-state index in [4.69, 9.17) is 5.11 Å². The van der Waals surface area contributed by atoms with Crippen molar-refractivity contribution in [3.8, 4) is 16.9 Å². The highest BCUT2D eigenvalue weighted by molar-refractivity contribution is 5.68. The van der Waals surface area contributed by atoms with Crippen LogP contribution in [0.25, 0.3) is 11.1 Å². The minimum atomic E-state index is -5.86. The first-order chi connectivity index (χ1) is 11.2. The van der Waals surface area contributed by atoms with Crippen LogP contribution in [0.2, 0.25) is 0 Å². The molecule has 0 fully saturated rings. The molecule has 136 valence electrons. The maximum absolute atomic E-state index is 13.0. The van der Waals surface area contributed by atoms with Crippen molar-refractivity contribution in [3.05, 3.63) is 53.1 Å². The van der Waals surface area contributed by atoms with Crippen molar-refractivity contribution in [2.45, 2.75) is 18.5 Å². The molecule has 0 heterocycles. The molecule has 0 saturated heterocycles. The fourth-order valence-electron chi connectivity index (χ4n) is 2.22. The number of phenols is 1. The molecule has 0 atom stereocenters. The van der Waals surface area contributed by atoms with Crippen molar-refractivity contribution in [2.75, 3.05) is 0 Å². The van der Waals surface area contributed by atoms with E-state index in [9.17, 15) is 39.5 Å². The predicted octanol–water partition coefficient (Wildman–Crippen LogP) is 6.12. The van der Waals surface area contributed by atoms with Crippen LogP contribution < -0.4 is 0 Å². The van der Waals surface area contributed by atoms with E-state index in [0.717, 1.165) is 24.3 Å². The number of hydrogen-bond acceptors (Lipinski definition) is 1. The topological polar surface area (TPSA) is 20.2 Å². The average Bonchev–Trinajstić information content (AvgIpc) is 2.44. The van der Waals surface area contributed by atoms with E-state index >= 15 is 0 Å². The molecular weight excluding hydrogens is 367 g/mol. The van der Waals surface area contributed by atoms with Crippen LogP contribution in [0.3, 0.4) is 0 Å². The lowest BCUT2D eigenvalue weighted by atomic mass is 9.93. The van der Waals surface area contributed by atoms with Gasteiger partial charge in [0, 0.05) is 0 Å². The third-order valence-electron chi connectivity index (χ3n) is 3.23. The van der Waals surface area contributed by atoms with Gasteiger partial charge >= 0.3 is 18.5 Å². The Bertz CT molecular complexity index is 733. The van der Waals surface area contributed by atoms with Gasteiger partial charge in [-0.1, -0.05) is 12.1 Å². The van der Waals surface area contributed by atoms with Crippen LogP contribution in [0.5, 0.6) is 5.75 Å². The minimum Gasteiger partial charge on any atom is -0.508 e. The van der Waals surface area contributed by atoms with Crippen LogP contribution in [0.1, 0.15) is 16.7 Å². The molecule has 0 aliphatic carbocycles. The monoisotopic (exact) mass is 374 g/mol. The SMILES string of the molecule is Oc1ccc(-c2cc(C(F)(F)F)c(C(F)(F)F)c(C(F)(F)F)c2)cc1. The zero-order chi connectivity index (χ0) is 19.2. The second-order valence-electron chi connectivity index (χ2n) is 4.99. The van der Waals surface area contributed by atoms with Gasteiger partial charge in [0.1, 0.15) is 5.75 Å². The highest BCUT2D eigenvalue weighted by Gasteiger charge is 2.50. The maximum atomic E-state index is 13.0. The summed E-state index contributed by atoms with van der Waals surface area (Å²) >= 11 is 0. The third kappa shape index (κ3) is 3.99. The Kier molecular flexibility index (Phi) is 4.43. The Morgan fingerprint density at radius 3 is 1.28 bits per heavy atom. The highest BCUT2D eigenvalue weighted by Crippen LogP contribution is 2.48. The molecule has 0 unspecified atom stereocenters. The van der Waals surface area contributed by atoms with Crippen molar-refractivity contribution in [1.29, 1.82) is 0 Å². The molecule has 2 aromatic carbocycles. The van der Waals surface area contributed by atoms with Crippen LogP contribution in [0.15, 0.2) is 36.4 Å². The number of rotatable bonds is 1. The molecular formula is C15H7F9O. The molecule has 2 rings (SSSR count). The van der Waals surface area contributed by atoms with Crippen molar-refractivity contribution in [1.82, 2.24) is 0 Å². The van der Waals surface area contributed by atoms with Crippen LogP contribution in [-0.4, -0.2) is 5.11 Å². The molecule has 0 bridgehead atoms. The van der Waals surface area contributed by atoms with Crippen molar-refractivity contribution in [2.24, 2.45) is 0 Å². The van der Waals surface area contributed by atoms with E-state index in [1.54, 1.807) is 0 Å². The molecule has 0 aliphatic rings. The molecule has 0 saturated carbocycles. The molecule has 0 aliphatic heterocycles. The molecule has 2 aromatic rings. The van der Waals surface area contributed by atoms with Gasteiger partial charge in [0.05, 0.1) is 16.7 Å². The highest BCUT2D eigenvalue weighted by atomic mass is 19.4. The van der Waals surface area contributed by atoms with Gasteiger partial charge in [-0.25, -0.2) is 0 Å². The second kappa shape index (κ2) is 5.85. The van der Waals surface area contributed by atoms with E-state index in [2.05, 4.69) is 0 Å². The number of phenolic OH excluding ortho intramolecular Hbond substituents is 1. The summed E-state index contributed by atoms with van der Waals surface area (Å²) in [6.45, 7) is 0. The molecule has 0 aromatic heterocycles. The van der Waals surface area contributed by atoms with E-state index in [-0.39, 0.29) is 23.4 Å². The van der Waals surface area contributed by atoms with Gasteiger partial charge in [-0.3, -0.25) is 0 Å². The van der Waals surface area contributed by atoms with E-state index in [1.165, 1.54) is 0 Å². The summed E-state index contributed by atoms with van der Waals surface area (Å²) in [5, 5.41) is 9.11. The number of hydrogen-bond donors (Lipinski definition) is 1. The number of benzene rings is 2. The molecule has 0 spiro atoms. The maximum Gasteiger partial charge on any atom is 0.417 e. The Hall–Kier alpha value is -2.39. The summed E-state index contributed by atoms with van der Waals surface area (Å²) in [4.78, 5) is 0. The van der Waals surface area contributed by atoms with Gasteiger partial charge in [0.25, 0.3) is 0 Å². The van der Waals surface area contributed by atoms with Gasteiger partial charge in [0.2, 0.25) is 0 Å². The first kappa shape index (κ1) is 18.9. The normalized spacial score (nSPS) is 13.2. The summed E-state index contributed by atoms with van der Waals surface area (Å²) in [6, 6.07) is 3.94. The number of aromatic hydroxyl groups is 1. The average molecular weight is 374 g/mol. The summed E-state index contributed by atoms with van der Waals surface area (Å²) < 4.78 is 117. The van der Waals surface area contributed by atoms with Crippen molar-refractivity contribution in [3.63, 3.8) is 0 Å². The molecule has 0 radical (unpaired) electrons. The Morgan fingerprint density at radius 1 is 0.560 bits per heavy atom. The molecule has 1 nitrogen and oxygen atoms in total. The van der Waals surface area contributed by atoms with Gasteiger partial charge in [-0.05, 0) is 35.4 Å². The van der Waals surface area contributed by atoms with Crippen LogP contribution in [0.4, 0.5) is 39.5 Å². The van der Waals surface area contributed by atoms with Gasteiger partial charge in [-0.15, -0.1) is 0 Å². The smallest absolute Gasteiger partial charge is 0.417 e. The summed E-state index contributed by atoms with van der Waals surface area (Å²) in [5.41, 5.74) is -8.58. The van der Waals surface area contributed by atoms with E-state index in [1.807, 2.05) is 0 Å². The first-order valence-corrected chi connectivity index (χ1v) is 6.40. The van der Waals surface area contributed by atoms with E-state index in [0.29, 0.717) is 0 Å². The van der Waals surface area contributed by atoms with Gasteiger partial charge < -0.3 is 5.11 Å². The largest absolute Gasteiger partial charge is 0.508 e. The zero-order valence-corrected chi connectivity index (χ0v) is 11.8. The third-order valence-corrected chi connectivity index (χ3v) is 3.23. The Balaban J connectivity index is 2.89. The van der Waals surface area contributed by atoms with Crippen LogP contribution >= 0.6 is 0 Å². The zero-order valence-electron chi connectivity index (χ0n) is 11.8. The van der Waals surface area contributed by atoms with Crippen LogP contribution in [0, 0.1) is 0 Å².